The number of benzene rings is 2. The first kappa shape index (κ1) is 12.9. The summed E-state index contributed by atoms with van der Waals surface area (Å²) < 4.78 is 2.26. The number of fused-ring (bicyclic) bond motifs is 1. The largest absolute Gasteiger partial charge is 0.350 e. The Kier molecular flexibility index (Phi) is 3.84. The standard InChI is InChI=1S/C18H20N2/c1-2-19-12-15-10-11-20(13-15)14-17-8-5-7-16-6-3-4-9-18(16)17/h3-11,13,19H,2,12,14H2,1H3. The molecule has 2 aromatic carbocycles. The molecule has 1 aromatic heterocycles. The molecule has 0 aliphatic carbocycles. The van der Waals surface area contributed by atoms with E-state index in [1.54, 1.807) is 0 Å². The van der Waals surface area contributed by atoms with Gasteiger partial charge in [0.1, 0.15) is 0 Å². The SMILES string of the molecule is CCNCc1ccn(Cc2cccc3ccccc23)c1. The van der Waals surface area contributed by atoms with Crippen molar-refractivity contribution in [3.05, 3.63) is 72.1 Å². The maximum atomic E-state index is 3.36. The van der Waals surface area contributed by atoms with Gasteiger partial charge in [0.2, 0.25) is 0 Å². The molecule has 20 heavy (non-hydrogen) atoms. The molecule has 1 N–H and O–H groups in total. The van der Waals surface area contributed by atoms with Gasteiger partial charge in [0, 0.05) is 25.5 Å². The highest BCUT2D eigenvalue weighted by molar-refractivity contribution is 5.85. The van der Waals surface area contributed by atoms with Crippen LogP contribution in [0.1, 0.15) is 18.1 Å². The lowest BCUT2D eigenvalue weighted by Crippen LogP contribution is -2.11. The van der Waals surface area contributed by atoms with Gasteiger partial charge in [-0.15, -0.1) is 0 Å². The average Bonchev–Trinajstić information content (AvgIpc) is 2.93. The van der Waals surface area contributed by atoms with E-state index >= 15 is 0 Å². The molecule has 0 aliphatic rings. The lowest BCUT2D eigenvalue weighted by molar-refractivity contribution is 0.721. The van der Waals surface area contributed by atoms with Crippen molar-refractivity contribution in [1.82, 2.24) is 9.88 Å². The van der Waals surface area contributed by atoms with Crippen molar-refractivity contribution < 1.29 is 0 Å². The summed E-state index contributed by atoms with van der Waals surface area (Å²) in [6, 6.07) is 17.3. The highest BCUT2D eigenvalue weighted by Gasteiger charge is 2.02. The van der Waals surface area contributed by atoms with Crippen LogP contribution >= 0.6 is 0 Å². The van der Waals surface area contributed by atoms with Crippen LogP contribution in [0.25, 0.3) is 10.8 Å². The Bertz CT molecular complexity index is 692. The molecule has 0 spiro atoms. The predicted molar refractivity (Wildman–Crippen MR) is 84.9 cm³/mol. The van der Waals surface area contributed by atoms with E-state index in [9.17, 15) is 0 Å². The second kappa shape index (κ2) is 5.93. The second-order valence-electron chi connectivity index (χ2n) is 5.11. The molecule has 0 aliphatic heterocycles. The fourth-order valence-corrected chi connectivity index (χ4v) is 2.59. The van der Waals surface area contributed by atoms with Crippen molar-refractivity contribution in [1.29, 1.82) is 0 Å². The van der Waals surface area contributed by atoms with Gasteiger partial charge in [-0.2, -0.15) is 0 Å². The topological polar surface area (TPSA) is 17.0 Å². The number of hydrogen-bond donors (Lipinski definition) is 1. The summed E-state index contributed by atoms with van der Waals surface area (Å²) in [4.78, 5) is 0. The Balaban J connectivity index is 1.84. The molecule has 102 valence electrons. The number of aromatic nitrogens is 1. The van der Waals surface area contributed by atoms with Crippen molar-refractivity contribution in [2.24, 2.45) is 0 Å². The van der Waals surface area contributed by atoms with Gasteiger partial charge in [0.05, 0.1) is 0 Å². The van der Waals surface area contributed by atoms with Gasteiger partial charge >= 0.3 is 0 Å². The summed E-state index contributed by atoms with van der Waals surface area (Å²) in [6.07, 6.45) is 4.39. The maximum Gasteiger partial charge on any atom is 0.0476 e. The van der Waals surface area contributed by atoms with Gasteiger partial charge < -0.3 is 9.88 Å². The molecule has 0 amide bonds. The molecule has 1 heterocycles. The third-order valence-electron chi connectivity index (χ3n) is 3.62. The normalized spacial score (nSPS) is 11.1. The zero-order valence-corrected chi connectivity index (χ0v) is 11.8. The Hall–Kier alpha value is -2.06. The number of nitrogens with zero attached hydrogens (tertiary/aromatic N) is 1. The minimum absolute atomic E-state index is 0.924. The molecular formula is C18H20N2. The zero-order chi connectivity index (χ0) is 13.8. The van der Waals surface area contributed by atoms with Gasteiger partial charge in [-0.25, -0.2) is 0 Å². The van der Waals surface area contributed by atoms with Gasteiger partial charge in [-0.05, 0) is 34.5 Å². The Labute approximate surface area is 120 Å². The minimum Gasteiger partial charge on any atom is -0.350 e. The van der Waals surface area contributed by atoms with Crippen molar-refractivity contribution in [2.45, 2.75) is 20.0 Å². The van der Waals surface area contributed by atoms with Crippen molar-refractivity contribution in [2.75, 3.05) is 6.54 Å². The molecule has 3 rings (SSSR count). The molecule has 0 atom stereocenters. The van der Waals surface area contributed by atoms with E-state index in [1.165, 1.54) is 21.9 Å². The van der Waals surface area contributed by atoms with E-state index in [0.29, 0.717) is 0 Å². The van der Waals surface area contributed by atoms with Crippen LogP contribution in [0.3, 0.4) is 0 Å². The molecule has 0 saturated carbocycles. The van der Waals surface area contributed by atoms with Crippen molar-refractivity contribution >= 4 is 10.8 Å². The van der Waals surface area contributed by atoms with E-state index in [-0.39, 0.29) is 0 Å². The summed E-state index contributed by atoms with van der Waals surface area (Å²) in [5.74, 6) is 0. The van der Waals surface area contributed by atoms with Crippen LogP contribution in [-0.4, -0.2) is 11.1 Å². The third-order valence-corrected chi connectivity index (χ3v) is 3.62. The fraction of sp³-hybridized carbons (Fsp3) is 0.222. The van der Waals surface area contributed by atoms with Gasteiger partial charge in [0.15, 0.2) is 0 Å². The number of hydrogen-bond acceptors (Lipinski definition) is 1. The second-order valence-corrected chi connectivity index (χ2v) is 5.11. The molecule has 3 aromatic rings. The van der Waals surface area contributed by atoms with Crippen molar-refractivity contribution in [3.8, 4) is 0 Å². The number of rotatable bonds is 5. The smallest absolute Gasteiger partial charge is 0.0476 e. The summed E-state index contributed by atoms with van der Waals surface area (Å²) in [7, 11) is 0. The summed E-state index contributed by atoms with van der Waals surface area (Å²) in [5, 5.41) is 6.01. The van der Waals surface area contributed by atoms with Crippen LogP contribution in [0, 0.1) is 0 Å². The van der Waals surface area contributed by atoms with E-state index in [4.69, 9.17) is 0 Å². The fourth-order valence-electron chi connectivity index (χ4n) is 2.59. The molecule has 0 bridgehead atoms. The molecule has 0 fully saturated rings. The first-order valence-electron chi connectivity index (χ1n) is 7.19. The number of nitrogens with one attached hydrogen (secondary N) is 1. The van der Waals surface area contributed by atoms with E-state index in [0.717, 1.165) is 19.6 Å². The van der Waals surface area contributed by atoms with Crippen LogP contribution in [0.5, 0.6) is 0 Å². The first-order valence-corrected chi connectivity index (χ1v) is 7.19. The Morgan fingerprint density at radius 2 is 1.85 bits per heavy atom. The Morgan fingerprint density at radius 1 is 1.00 bits per heavy atom. The summed E-state index contributed by atoms with van der Waals surface area (Å²) in [5.41, 5.74) is 2.71. The van der Waals surface area contributed by atoms with Crippen LogP contribution < -0.4 is 5.32 Å². The molecule has 0 saturated heterocycles. The van der Waals surface area contributed by atoms with Gasteiger partial charge in [0.25, 0.3) is 0 Å². The van der Waals surface area contributed by atoms with Crippen LogP contribution in [-0.2, 0) is 13.1 Å². The van der Waals surface area contributed by atoms with Crippen LogP contribution in [0.2, 0.25) is 0 Å². The van der Waals surface area contributed by atoms with Gasteiger partial charge in [-0.1, -0.05) is 49.4 Å². The Morgan fingerprint density at radius 3 is 2.75 bits per heavy atom. The predicted octanol–water partition coefficient (Wildman–Crippen LogP) is 3.80. The first-order chi connectivity index (χ1) is 9.86. The van der Waals surface area contributed by atoms with Crippen LogP contribution in [0.15, 0.2) is 60.9 Å². The quantitative estimate of drug-likeness (QED) is 0.741. The van der Waals surface area contributed by atoms with Gasteiger partial charge in [-0.3, -0.25) is 0 Å². The van der Waals surface area contributed by atoms with Crippen molar-refractivity contribution in [3.63, 3.8) is 0 Å². The molecular weight excluding hydrogens is 244 g/mol. The summed E-state index contributed by atoms with van der Waals surface area (Å²) >= 11 is 0. The van der Waals surface area contributed by atoms with E-state index in [1.807, 2.05) is 0 Å². The van der Waals surface area contributed by atoms with E-state index < -0.39 is 0 Å². The molecule has 0 radical (unpaired) electrons. The van der Waals surface area contributed by atoms with E-state index in [2.05, 4.69) is 77.7 Å². The summed E-state index contributed by atoms with van der Waals surface area (Å²) in [6.45, 7) is 5.01. The molecule has 2 nitrogen and oxygen atoms in total. The molecule has 0 unspecified atom stereocenters. The van der Waals surface area contributed by atoms with Crippen LogP contribution in [0.4, 0.5) is 0 Å². The molecule has 2 heteroatoms. The minimum atomic E-state index is 0.924. The zero-order valence-electron chi connectivity index (χ0n) is 11.8. The third kappa shape index (κ3) is 2.75. The highest BCUT2D eigenvalue weighted by atomic mass is 14.9. The lowest BCUT2D eigenvalue weighted by atomic mass is 10.0. The monoisotopic (exact) mass is 264 g/mol. The lowest BCUT2D eigenvalue weighted by Gasteiger charge is -2.07. The highest BCUT2D eigenvalue weighted by Crippen LogP contribution is 2.19. The maximum absolute atomic E-state index is 3.36. The average molecular weight is 264 g/mol.